The van der Waals surface area contributed by atoms with Crippen molar-refractivity contribution in [2.75, 3.05) is 0 Å². The van der Waals surface area contributed by atoms with E-state index < -0.39 is 0 Å². The van der Waals surface area contributed by atoms with Crippen LogP contribution < -0.4 is 0 Å². The second-order valence-electron chi connectivity index (χ2n) is 8.34. The maximum absolute atomic E-state index is 3.73. The van der Waals surface area contributed by atoms with Gasteiger partial charge in [-0.15, -0.1) is 0 Å². The SMILES string of the molecule is CC1(C)c2ccccc2C(c2ccccc2)(c2cccc(Br)c2)c2ccccc21. The summed E-state index contributed by atoms with van der Waals surface area (Å²) in [6.07, 6.45) is 0. The third-order valence-corrected chi connectivity index (χ3v) is 6.97. The Morgan fingerprint density at radius 2 is 1.00 bits per heavy atom. The Balaban J connectivity index is 2.02. The summed E-state index contributed by atoms with van der Waals surface area (Å²) in [4.78, 5) is 0. The molecule has 1 aliphatic rings. The molecule has 0 heterocycles. The summed E-state index contributed by atoms with van der Waals surface area (Å²) in [7, 11) is 0. The molecule has 0 unspecified atom stereocenters. The molecule has 0 aliphatic heterocycles. The lowest BCUT2D eigenvalue weighted by Gasteiger charge is -2.48. The molecule has 5 rings (SSSR count). The van der Waals surface area contributed by atoms with Gasteiger partial charge in [-0.25, -0.2) is 0 Å². The van der Waals surface area contributed by atoms with Crippen molar-refractivity contribution in [2.24, 2.45) is 0 Å². The Hall–Kier alpha value is -2.64. The monoisotopic (exact) mass is 438 g/mol. The van der Waals surface area contributed by atoms with Crippen molar-refractivity contribution < 1.29 is 0 Å². The van der Waals surface area contributed by atoms with Crippen LogP contribution in [0.4, 0.5) is 0 Å². The van der Waals surface area contributed by atoms with Gasteiger partial charge in [0.05, 0.1) is 5.41 Å². The molecule has 0 saturated carbocycles. The molecule has 1 heteroatoms. The summed E-state index contributed by atoms with van der Waals surface area (Å²) in [5.74, 6) is 0. The van der Waals surface area contributed by atoms with Crippen molar-refractivity contribution in [3.63, 3.8) is 0 Å². The molecular formula is C28H23Br. The van der Waals surface area contributed by atoms with E-state index in [1.165, 1.54) is 33.4 Å². The lowest BCUT2D eigenvalue weighted by Crippen LogP contribution is -2.41. The lowest BCUT2D eigenvalue weighted by molar-refractivity contribution is 0.558. The minimum atomic E-state index is -0.353. The molecule has 142 valence electrons. The Morgan fingerprint density at radius 1 is 0.517 bits per heavy atom. The molecule has 0 nitrogen and oxygen atoms in total. The minimum Gasteiger partial charge on any atom is -0.0622 e. The van der Waals surface area contributed by atoms with Crippen molar-refractivity contribution in [1.29, 1.82) is 0 Å². The molecule has 0 radical (unpaired) electrons. The molecule has 0 bridgehead atoms. The van der Waals surface area contributed by atoms with Gasteiger partial charge in [-0.2, -0.15) is 0 Å². The fourth-order valence-electron chi connectivity index (χ4n) is 5.20. The topological polar surface area (TPSA) is 0 Å². The van der Waals surface area contributed by atoms with Crippen LogP contribution in [0, 0.1) is 0 Å². The van der Waals surface area contributed by atoms with Crippen molar-refractivity contribution in [3.05, 3.63) is 141 Å². The molecule has 4 aromatic rings. The van der Waals surface area contributed by atoms with Crippen LogP contribution in [0.1, 0.15) is 47.2 Å². The first kappa shape index (κ1) is 18.4. The largest absolute Gasteiger partial charge is 0.0707 e. The smallest absolute Gasteiger partial charge is 0.0622 e. The van der Waals surface area contributed by atoms with Gasteiger partial charge in [-0.1, -0.05) is 121 Å². The first-order valence-electron chi connectivity index (χ1n) is 10.1. The van der Waals surface area contributed by atoms with Crippen molar-refractivity contribution in [2.45, 2.75) is 24.7 Å². The lowest BCUT2D eigenvalue weighted by atomic mass is 9.54. The summed E-state index contributed by atoms with van der Waals surface area (Å²) in [5.41, 5.74) is 7.69. The third-order valence-electron chi connectivity index (χ3n) is 6.47. The van der Waals surface area contributed by atoms with E-state index in [1.807, 2.05) is 0 Å². The predicted molar refractivity (Wildman–Crippen MR) is 125 cm³/mol. The van der Waals surface area contributed by atoms with Gasteiger partial charge in [0.15, 0.2) is 0 Å². The predicted octanol–water partition coefficient (Wildman–Crippen LogP) is 7.47. The summed E-state index contributed by atoms with van der Waals surface area (Å²) in [5, 5.41) is 0. The van der Waals surface area contributed by atoms with E-state index in [2.05, 4.69) is 133 Å². The highest BCUT2D eigenvalue weighted by Gasteiger charge is 2.48. The van der Waals surface area contributed by atoms with Crippen LogP contribution in [0.2, 0.25) is 0 Å². The average molecular weight is 439 g/mol. The molecule has 29 heavy (non-hydrogen) atoms. The fraction of sp³-hybridized carbons (Fsp3) is 0.143. The van der Waals surface area contributed by atoms with Crippen LogP contribution in [-0.2, 0) is 10.8 Å². The van der Waals surface area contributed by atoms with Gasteiger partial charge in [0.1, 0.15) is 0 Å². The van der Waals surface area contributed by atoms with Crippen LogP contribution in [0.15, 0.2) is 108 Å². The number of benzene rings is 4. The zero-order valence-corrected chi connectivity index (χ0v) is 18.3. The molecule has 0 atom stereocenters. The second kappa shape index (κ2) is 6.71. The number of fused-ring (bicyclic) bond motifs is 2. The van der Waals surface area contributed by atoms with Crippen LogP contribution >= 0.6 is 15.9 Å². The standard InChI is InChI=1S/C28H23Br/c1-27(2)23-15-6-8-17-25(23)28(20-11-4-3-5-12-20,21-13-10-14-22(29)19-21)26-18-9-7-16-24(26)27/h3-19H,1-2H3. The summed E-state index contributed by atoms with van der Waals surface area (Å²) < 4.78 is 1.10. The van der Waals surface area contributed by atoms with Crippen LogP contribution in [-0.4, -0.2) is 0 Å². The highest BCUT2D eigenvalue weighted by Crippen LogP contribution is 2.55. The van der Waals surface area contributed by atoms with E-state index in [0.29, 0.717) is 0 Å². The van der Waals surface area contributed by atoms with E-state index >= 15 is 0 Å². The first-order valence-corrected chi connectivity index (χ1v) is 10.9. The Morgan fingerprint density at radius 3 is 1.55 bits per heavy atom. The molecule has 1 aliphatic carbocycles. The van der Waals surface area contributed by atoms with E-state index in [1.54, 1.807) is 0 Å². The van der Waals surface area contributed by atoms with Crippen molar-refractivity contribution in [3.8, 4) is 0 Å². The number of hydrogen-bond acceptors (Lipinski definition) is 0. The molecule has 0 aromatic heterocycles. The number of rotatable bonds is 2. The van der Waals surface area contributed by atoms with Crippen LogP contribution in [0.25, 0.3) is 0 Å². The zero-order valence-electron chi connectivity index (χ0n) is 16.7. The van der Waals surface area contributed by atoms with Gasteiger partial charge >= 0.3 is 0 Å². The van der Waals surface area contributed by atoms with Crippen LogP contribution in [0.5, 0.6) is 0 Å². The van der Waals surface area contributed by atoms with E-state index in [0.717, 1.165) is 4.47 Å². The number of halogens is 1. The molecule has 0 spiro atoms. The molecule has 0 fully saturated rings. The zero-order chi connectivity index (χ0) is 20.1. The van der Waals surface area contributed by atoms with Crippen LogP contribution in [0.3, 0.4) is 0 Å². The first-order chi connectivity index (χ1) is 14.1. The molecule has 4 aromatic carbocycles. The highest BCUT2D eigenvalue weighted by atomic mass is 79.9. The fourth-order valence-corrected chi connectivity index (χ4v) is 5.60. The Bertz CT molecular complexity index is 1140. The maximum atomic E-state index is 3.73. The third kappa shape index (κ3) is 2.57. The van der Waals surface area contributed by atoms with Gasteiger partial charge in [0, 0.05) is 9.89 Å². The quantitative estimate of drug-likeness (QED) is 0.304. The van der Waals surface area contributed by atoms with Crippen molar-refractivity contribution >= 4 is 15.9 Å². The summed E-state index contributed by atoms with van der Waals surface area (Å²) in [6, 6.07) is 37.7. The normalized spacial score (nSPS) is 16.0. The average Bonchev–Trinajstić information content (AvgIpc) is 2.75. The molecule has 0 saturated heterocycles. The van der Waals surface area contributed by atoms with Gasteiger partial charge < -0.3 is 0 Å². The van der Waals surface area contributed by atoms with E-state index in [4.69, 9.17) is 0 Å². The number of hydrogen-bond donors (Lipinski definition) is 0. The van der Waals surface area contributed by atoms with Gasteiger partial charge in [-0.3, -0.25) is 0 Å². The molecule has 0 amide bonds. The molecule has 0 N–H and O–H groups in total. The van der Waals surface area contributed by atoms with Gasteiger partial charge in [-0.05, 0) is 45.5 Å². The molecular weight excluding hydrogens is 416 g/mol. The summed E-state index contributed by atoms with van der Waals surface area (Å²) in [6.45, 7) is 4.70. The van der Waals surface area contributed by atoms with Crippen molar-refractivity contribution in [1.82, 2.24) is 0 Å². The minimum absolute atomic E-state index is 0.0581. The Labute approximate surface area is 181 Å². The highest BCUT2D eigenvalue weighted by molar-refractivity contribution is 9.10. The van der Waals surface area contributed by atoms with E-state index in [9.17, 15) is 0 Å². The van der Waals surface area contributed by atoms with Gasteiger partial charge in [0.25, 0.3) is 0 Å². The Kier molecular flexibility index (Phi) is 4.26. The van der Waals surface area contributed by atoms with Gasteiger partial charge in [0.2, 0.25) is 0 Å². The van der Waals surface area contributed by atoms with E-state index in [-0.39, 0.29) is 10.8 Å². The maximum Gasteiger partial charge on any atom is 0.0707 e. The summed E-state index contributed by atoms with van der Waals surface area (Å²) >= 11 is 3.73. The second-order valence-corrected chi connectivity index (χ2v) is 9.26.